The molecule has 0 bridgehead atoms. The van der Waals surface area contributed by atoms with E-state index in [9.17, 15) is 4.79 Å². The van der Waals surface area contributed by atoms with Crippen LogP contribution in [0.3, 0.4) is 0 Å². The van der Waals surface area contributed by atoms with Crippen LogP contribution in [-0.2, 0) is 16.0 Å². The Labute approximate surface area is 157 Å². The summed E-state index contributed by atoms with van der Waals surface area (Å²) in [4.78, 5) is 22.3. The Hall–Kier alpha value is -1.77. The second kappa shape index (κ2) is 8.75. The highest BCUT2D eigenvalue weighted by molar-refractivity contribution is 7.13. The molecule has 0 saturated carbocycles. The Morgan fingerprint density at radius 3 is 2.81 bits per heavy atom. The van der Waals surface area contributed by atoms with Gasteiger partial charge in [0.25, 0.3) is 0 Å². The maximum Gasteiger partial charge on any atom is 0.227 e. The first-order valence-corrected chi connectivity index (χ1v) is 9.85. The van der Waals surface area contributed by atoms with Crippen LogP contribution in [-0.4, -0.2) is 71.3 Å². The second-order valence-electron chi connectivity index (χ2n) is 6.72. The third-order valence-corrected chi connectivity index (χ3v) is 5.64. The lowest BCUT2D eigenvalue weighted by Crippen LogP contribution is -2.58. The molecule has 8 heteroatoms. The molecule has 2 atom stereocenters. The van der Waals surface area contributed by atoms with E-state index in [1.165, 1.54) is 0 Å². The van der Waals surface area contributed by atoms with Crippen molar-refractivity contribution in [2.75, 3.05) is 33.4 Å². The van der Waals surface area contributed by atoms with Crippen LogP contribution in [0.25, 0.3) is 10.7 Å². The molecule has 0 N–H and O–H groups in total. The Kier molecular flexibility index (Phi) is 6.39. The van der Waals surface area contributed by atoms with E-state index >= 15 is 0 Å². The number of methoxy groups -OCH3 is 1. The topological polar surface area (TPSA) is 71.7 Å². The van der Waals surface area contributed by atoms with Crippen molar-refractivity contribution in [3.05, 3.63) is 23.4 Å². The Balaban J connectivity index is 1.51. The van der Waals surface area contributed by atoms with E-state index in [2.05, 4.69) is 28.9 Å². The van der Waals surface area contributed by atoms with Gasteiger partial charge in [-0.25, -0.2) is 0 Å². The van der Waals surface area contributed by atoms with Crippen molar-refractivity contribution in [2.45, 2.75) is 38.8 Å². The molecule has 3 rings (SSSR count). The fourth-order valence-corrected chi connectivity index (χ4v) is 4.08. The highest BCUT2D eigenvalue weighted by Crippen LogP contribution is 2.22. The third-order valence-electron chi connectivity index (χ3n) is 4.77. The molecule has 1 fully saturated rings. The molecule has 0 radical (unpaired) electrons. The fraction of sp³-hybridized carbons (Fsp3) is 0.611. The lowest BCUT2D eigenvalue weighted by Gasteiger charge is -2.44. The Bertz CT molecular complexity index is 691. The summed E-state index contributed by atoms with van der Waals surface area (Å²) >= 11 is 1.57. The number of amides is 1. The number of thiophene rings is 1. The SMILES string of the molecule is COCCN1[C@@H](C)CN(C(=O)CCc2nc(-c3cccs3)no2)C[C@@H]1C. The molecule has 1 amide bonds. The molecule has 142 valence electrons. The minimum atomic E-state index is 0.144. The average molecular weight is 378 g/mol. The van der Waals surface area contributed by atoms with Crippen molar-refractivity contribution in [3.63, 3.8) is 0 Å². The normalized spacial score (nSPS) is 21.3. The van der Waals surface area contributed by atoms with E-state index < -0.39 is 0 Å². The van der Waals surface area contributed by atoms with Gasteiger partial charge in [-0.1, -0.05) is 11.2 Å². The van der Waals surface area contributed by atoms with E-state index in [0.717, 1.165) is 24.5 Å². The van der Waals surface area contributed by atoms with Gasteiger partial charge in [-0.2, -0.15) is 4.98 Å². The van der Waals surface area contributed by atoms with Gasteiger partial charge in [0.05, 0.1) is 11.5 Å². The quantitative estimate of drug-likeness (QED) is 0.736. The Morgan fingerprint density at radius 1 is 1.38 bits per heavy atom. The molecule has 3 heterocycles. The van der Waals surface area contributed by atoms with Crippen molar-refractivity contribution in [1.82, 2.24) is 19.9 Å². The summed E-state index contributed by atoms with van der Waals surface area (Å²) in [6, 6.07) is 4.56. The highest BCUT2D eigenvalue weighted by atomic mass is 32.1. The lowest BCUT2D eigenvalue weighted by molar-refractivity contribution is -0.135. The fourth-order valence-electron chi connectivity index (χ4n) is 3.43. The number of carbonyl (C=O) groups is 1. The molecule has 0 spiro atoms. The van der Waals surface area contributed by atoms with Crippen molar-refractivity contribution >= 4 is 17.2 Å². The second-order valence-corrected chi connectivity index (χ2v) is 7.66. The van der Waals surface area contributed by atoms with Crippen LogP contribution in [0.5, 0.6) is 0 Å². The molecule has 0 aliphatic carbocycles. The number of hydrogen-bond donors (Lipinski definition) is 0. The zero-order chi connectivity index (χ0) is 18.5. The molecule has 26 heavy (non-hydrogen) atoms. The number of piperazine rings is 1. The minimum absolute atomic E-state index is 0.144. The van der Waals surface area contributed by atoms with E-state index in [1.807, 2.05) is 22.4 Å². The average Bonchev–Trinajstić information content (AvgIpc) is 3.30. The van der Waals surface area contributed by atoms with Crippen molar-refractivity contribution in [1.29, 1.82) is 0 Å². The van der Waals surface area contributed by atoms with Gasteiger partial charge in [0.1, 0.15) is 0 Å². The van der Waals surface area contributed by atoms with Gasteiger partial charge in [-0.15, -0.1) is 11.3 Å². The summed E-state index contributed by atoms with van der Waals surface area (Å²) in [5.74, 6) is 1.25. The third kappa shape index (κ3) is 4.49. The van der Waals surface area contributed by atoms with Crippen LogP contribution in [0.15, 0.2) is 22.0 Å². The molecule has 0 aromatic carbocycles. The molecule has 1 aliphatic rings. The van der Waals surface area contributed by atoms with Crippen LogP contribution in [0, 0.1) is 0 Å². The van der Waals surface area contributed by atoms with Gasteiger partial charge in [-0.05, 0) is 25.3 Å². The van der Waals surface area contributed by atoms with Crippen molar-refractivity contribution in [2.24, 2.45) is 0 Å². The molecule has 1 saturated heterocycles. The van der Waals surface area contributed by atoms with Crippen LogP contribution < -0.4 is 0 Å². The number of rotatable bonds is 7. The zero-order valence-corrected chi connectivity index (χ0v) is 16.4. The smallest absolute Gasteiger partial charge is 0.227 e. The van der Waals surface area contributed by atoms with Crippen LogP contribution in [0.2, 0.25) is 0 Å². The number of aromatic nitrogens is 2. The van der Waals surface area contributed by atoms with E-state index in [0.29, 0.717) is 43.2 Å². The first-order chi connectivity index (χ1) is 12.6. The standard InChI is InChI=1S/C18H26N4O3S/c1-13-11-21(12-14(2)22(13)8-9-24-3)17(23)7-6-16-19-18(20-25-16)15-5-4-10-26-15/h4-5,10,13-14H,6-9,11-12H2,1-3H3/t13-,14-/m0/s1. The number of carbonyl (C=O) groups excluding carboxylic acids is 1. The largest absolute Gasteiger partial charge is 0.383 e. The lowest BCUT2D eigenvalue weighted by atomic mass is 10.1. The summed E-state index contributed by atoms with van der Waals surface area (Å²) in [6.45, 7) is 7.43. The molecule has 7 nitrogen and oxygen atoms in total. The summed E-state index contributed by atoms with van der Waals surface area (Å²) in [6.07, 6.45) is 0.868. The van der Waals surface area contributed by atoms with Gasteiger partial charge in [0.15, 0.2) is 0 Å². The molecular formula is C18H26N4O3S. The summed E-state index contributed by atoms with van der Waals surface area (Å²) in [5, 5.41) is 5.97. The number of ether oxygens (including phenoxy) is 1. The molecular weight excluding hydrogens is 352 g/mol. The molecule has 1 aliphatic heterocycles. The molecule has 2 aromatic rings. The van der Waals surface area contributed by atoms with Gasteiger partial charge in [-0.3, -0.25) is 9.69 Å². The maximum atomic E-state index is 12.6. The number of aryl methyl sites for hydroxylation is 1. The summed E-state index contributed by atoms with van der Waals surface area (Å²) in [5.41, 5.74) is 0. The zero-order valence-electron chi connectivity index (χ0n) is 15.6. The van der Waals surface area contributed by atoms with Crippen molar-refractivity contribution in [3.8, 4) is 10.7 Å². The predicted molar refractivity (Wildman–Crippen MR) is 100 cm³/mol. The monoisotopic (exact) mass is 378 g/mol. The van der Waals surface area contributed by atoms with Crippen molar-refractivity contribution < 1.29 is 14.1 Å². The van der Waals surface area contributed by atoms with Gasteiger partial charge in [0, 0.05) is 51.7 Å². The Morgan fingerprint density at radius 2 is 2.15 bits per heavy atom. The number of hydrogen-bond acceptors (Lipinski definition) is 7. The van der Waals surface area contributed by atoms with Gasteiger partial charge < -0.3 is 14.2 Å². The summed E-state index contributed by atoms with van der Waals surface area (Å²) < 4.78 is 10.5. The van der Waals surface area contributed by atoms with Gasteiger partial charge >= 0.3 is 0 Å². The molecule has 0 unspecified atom stereocenters. The first kappa shape index (κ1) is 19.0. The minimum Gasteiger partial charge on any atom is -0.383 e. The van der Waals surface area contributed by atoms with Crippen LogP contribution >= 0.6 is 11.3 Å². The molecule has 2 aromatic heterocycles. The highest BCUT2D eigenvalue weighted by Gasteiger charge is 2.31. The van der Waals surface area contributed by atoms with E-state index in [1.54, 1.807) is 18.4 Å². The predicted octanol–water partition coefficient (Wildman–Crippen LogP) is 2.30. The van der Waals surface area contributed by atoms with Gasteiger partial charge in [0.2, 0.25) is 17.6 Å². The maximum absolute atomic E-state index is 12.6. The number of nitrogens with zero attached hydrogens (tertiary/aromatic N) is 4. The van der Waals surface area contributed by atoms with E-state index in [-0.39, 0.29) is 5.91 Å². The summed E-state index contributed by atoms with van der Waals surface area (Å²) in [7, 11) is 1.72. The first-order valence-electron chi connectivity index (χ1n) is 8.97. The van der Waals surface area contributed by atoms with E-state index in [4.69, 9.17) is 9.26 Å². The van der Waals surface area contributed by atoms with Crippen LogP contribution in [0.4, 0.5) is 0 Å². The van der Waals surface area contributed by atoms with Crippen LogP contribution in [0.1, 0.15) is 26.2 Å².